The molecule has 0 saturated heterocycles. The van der Waals surface area contributed by atoms with Crippen molar-refractivity contribution in [3.05, 3.63) is 34.4 Å². The highest BCUT2D eigenvalue weighted by atomic mass is 79.9. The van der Waals surface area contributed by atoms with E-state index in [4.69, 9.17) is 0 Å². The Labute approximate surface area is 97.8 Å². The van der Waals surface area contributed by atoms with E-state index in [2.05, 4.69) is 58.3 Å². The molecule has 15 heavy (non-hydrogen) atoms. The smallest absolute Gasteiger partial charge is 0.133 e. The molecular formula is C12H13BrN2. The van der Waals surface area contributed by atoms with Gasteiger partial charge in [0.05, 0.1) is 0 Å². The lowest BCUT2D eigenvalue weighted by atomic mass is 10.1. The summed E-state index contributed by atoms with van der Waals surface area (Å²) in [6.45, 7) is 5.08. The first-order valence-electron chi connectivity index (χ1n) is 5.01. The highest BCUT2D eigenvalue weighted by Crippen LogP contribution is 2.30. The van der Waals surface area contributed by atoms with Gasteiger partial charge in [-0.25, -0.2) is 4.98 Å². The number of fused-ring (bicyclic) bond motifs is 1. The van der Waals surface area contributed by atoms with E-state index >= 15 is 0 Å². The molecule has 78 valence electrons. The van der Waals surface area contributed by atoms with Crippen LogP contribution in [0, 0.1) is 6.92 Å². The number of anilines is 1. The van der Waals surface area contributed by atoms with Gasteiger partial charge < -0.3 is 5.32 Å². The van der Waals surface area contributed by atoms with Crippen molar-refractivity contribution in [1.82, 2.24) is 4.98 Å². The third-order valence-electron chi connectivity index (χ3n) is 2.42. The van der Waals surface area contributed by atoms with Crippen LogP contribution in [0.1, 0.15) is 12.5 Å². The summed E-state index contributed by atoms with van der Waals surface area (Å²) in [6, 6.07) is 6.27. The molecule has 2 aromatic rings. The molecule has 0 aliphatic carbocycles. The van der Waals surface area contributed by atoms with Crippen molar-refractivity contribution in [2.45, 2.75) is 13.8 Å². The number of hydrogen-bond donors (Lipinski definition) is 1. The first-order valence-corrected chi connectivity index (χ1v) is 5.81. The molecule has 2 nitrogen and oxygen atoms in total. The Balaban J connectivity index is 2.76. The maximum Gasteiger partial charge on any atom is 0.133 e. The van der Waals surface area contributed by atoms with Crippen LogP contribution < -0.4 is 5.32 Å². The molecule has 1 aromatic heterocycles. The number of nitrogens with zero attached hydrogens (tertiary/aromatic N) is 1. The van der Waals surface area contributed by atoms with E-state index in [1.165, 1.54) is 16.3 Å². The average molecular weight is 265 g/mol. The molecule has 0 radical (unpaired) electrons. The van der Waals surface area contributed by atoms with E-state index < -0.39 is 0 Å². The molecule has 0 aliphatic heterocycles. The average Bonchev–Trinajstić information content (AvgIpc) is 2.22. The number of pyridine rings is 1. The van der Waals surface area contributed by atoms with E-state index in [1.54, 1.807) is 0 Å². The second-order valence-corrected chi connectivity index (χ2v) is 4.34. The van der Waals surface area contributed by atoms with Crippen molar-refractivity contribution in [2.75, 3.05) is 11.9 Å². The zero-order valence-electron chi connectivity index (χ0n) is 8.84. The van der Waals surface area contributed by atoms with E-state index in [1.807, 2.05) is 6.20 Å². The van der Waals surface area contributed by atoms with E-state index in [-0.39, 0.29) is 0 Å². The Morgan fingerprint density at radius 3 is 2.93 bits per heavy atom. The molecule has 0 unspecified atom stereocenters. The zero-order chi connectivity index (χ0) is 10.8. The molecule has 3 heteroatoms. The fourth-order valence-electron chi connectivity index (χ4n) is 1.75. The minimum absolute atomic E-state index is 0.887. The van der Waals surface area contributed by atoms with Crippen molar-refractivity contribution in [2.24, 2.45) is 0 Å². The fourth-order valence-corrected chi connectivity index (χ4v) is 2.37. The lowest BCUT2D eigenvalue weighted by Crippen LogP contribution is -2.00. The standard InChI is InChI=1S/C12H13BrN2/c1-3-14-12-9-6-4-5-8(2)11(9)10(13)7-15-12/h4-7H,3H2,1-2H3,(H,14,15). The number of aromatic nitrogens is 1. The first kappa shape index (κ1) is 10.4. The van der Waals surface area contributed by atoms with Crippen LogP contribution in [0.2, 0.25) is 0 Å². The first-order chi connectivity index (χ1) is 7.24. The molecule has 0 spiro atoms. The predicted molar refractivity (Wildman–Crippen MR) is 68.3 cm³/mol. The van der Waals surface area contributed by atoms with Crippen LogP contribution in [0.15, 0.2) is 28.9 Å². The van der Waals surface area contributed by atoms with Crippen LogP contribution in [-0.4, -0.2) is 11.5 Å². The number of rotatable bonds is 2. The Morgan fingerprint density at radius 1 is 1.40 bits per heavy atom. The van der Waals surface area contributed by atoms with Gasteiger partial charge >= 0.3 is 0 Å². The summed E-state index contributed by atoms with van der Waals surface area (Å²) in [7, 11) is 0. The maximum absolute atomic E-state index is 4.38. The van der Waals surface area contributed by atoms with Gasteiger partial charge in [-0.3, -0.25) is 0 Å². The lowest BCUT2D eigenvalue weighted by molar-refractivity contribution is 1.17. The van der Waals surface area contributed by atoms with Crippen molar-refractivity contribution < 1.29 is 0 Å². The predicted octanol–water partition coefficient (Wildman–Crippen LogP) is 3.74. The van der Waals surface area contributed by atoms with Crippen molar-refractivity contribution in [3.63, 3.8) is 0 Å². The van der Waals surface area contributed by atoms with Gasteiger partial charge in [0, 0.05) is 28.0 Å². The minimum Gasteiger partial charge on any atom is -0.370 e. The second kappa shape index (κ2) is 4.19. The summed E-state index contributed by atoms with van der Waals surface area (Å²) in [5.41, 5.74) is 1.26. The van der Waals surface area contributed by atoms with Gasteiger partial charge in [0.25, 0.3) is 0 Å². The molecule has 1 N–H and O–H groups in total. The molecule has 0 fully saturated rings. The topological polar surface area (TPSA) is 24.9 Å². The third kappa shape index (κ3) is 1.84. The Morgan fingerprint density at radius 2 is 2.20 bits per heavy atom. The van der Waals surface area contributed by atoms with Gasteiger partial charge in [0.2, 0.25) is 0 Å². The van der Waals surface area contributed by atoms with Gasteiger partial charge in [-0.2, -0.15) is 0 Å². The molecule has 2 rings (SSSR count). The van der Waals surface area contributed by atoms with Crippen molar-refractivity contribution >= 4 is 32.5 Å². The van der Waals surface area contributed by atoms with E-state index in [9.17, 15) is 0 Å². The highest BCUT2D eigenvalue weighted by Gasteiger charge is 2.06. The molecular weight excluding hydrogens is 252 g/mol. The van der Waals surface area contributed by atoms with Crippen molar-refractivity contribution in [1.29, 1.82) is 0 Å². The van der Waals surface area contributed by atoms with Gasteiger partial charge in [-0.05, 0) is 35.3 Å². The summed E-state index contributed by atoms with van der Waals surface area (Å²) in [5, 5.41) is 5.68. The number of halogens is 1. The summed E-state index contributed by atoms with van der Waals surface area (Å²) in [6.07, 6.45) is 1.85. The normalized spacial score (nSPS) is 10.6. The second-order valence-electron chi connectivity index (χ2n) is 3.48. The highest BCUT2D eigenvalue weighted by molar-refractivity contribution is 9.10. The van der Waals surface area contributed by atoms with Gasteiger partial charge in [-0.15, -0.1) is 0 Å². The molecule has 0 aliphatic rings. The number of aryl methyl sites for hydroxylation is 1. The van der Waals surface area contributed by atoms with Crippen LogP contribution in [0.5, 0.6) is 0 Å². The zero-order valence-corrected chi connectivity index (χ0v) is 10.4. The summed E-state index contributed by atoms with van der Waals surface area (Å²) >= 11 is 3.54. The Hall–Kier alpha value is -1.09. The van der Waals surface area contributed by atoms with Crippen LogP contribution in [0.25, 0.3) is 10.8 Å². The van der Waals surface area contributed by atoms with Gasteiger partial charge in [0.15, 0.2) is 0 Å². The molecule has 1 aromatic carbocycles. The van der Waals surface area contributed by atoms with Crippen LogP contribution in [0.3, 0.4) is 0 Å². The Bertz CT molecular complexity index is 486. The van der Waals surface area contributed by atoms with E-state index in [0.29, 0.717) is 0 Å². The molecule has 0 saturated carbocycles. The fraction of sp³-hybridized carbons (Fsp3) is 0.250. The summed E-state index contributed by atoms with van der Waals surface area (Å²) < 4.78 is 1.05. The maximum atomic E-state index is 4.38. The van der Waals surface area contributed by atoms with Gasteiger partial charge in [-0.1, -0.05) is 18.2 Å². The quantitative estimate of drug-likeness (QED) is 0.894. The lowest BCUT2D eigenvalue weighted by Gasteiger charge is -2.09. The molecule has 0 atom stereocenters. The molecule has 0 bridgehead atoms. The van der Waals surface area contributed by atoms with Crippen LogP contribution in [-0.2, 0) is 0 Å². The molecule has 0 amide bonds. The largest absolute Gasteiger partial charge is 0.370 e. The van der Waals surface area contributed by atoms with Crippen LogP contribution in [0.4, 0.5) is 5.82 Å². The Kier molecular flexibility index (Phi) is 2.91. The SMILES string of the molecule is CCNc1ncc(Br)c2c(C)cccc12. The third-order valence-corrected chi connectivity index (χ3v) is 3.02. The minimum atomic E-state index is 0.887. The summed E-state index contributed by atoms with van der Waals surface area (Å²) in [5.74, 6) is 0.958. The van der Waals surface area contributed by atoms with Crippen LogP contribution >= 0.6 is 15.9 Å². The monoisotopic (exact) mass is 264 g/mol. The summed E-state index contributed by atoms with van der Waals surface area (Å²) in [4.78, 5) is 4.38. The number of benzene rings is 1. The number of hydrogen-bond acceptors (Lipinski definition) is 2. The van der Waals surface area contributed by atoms with Gasteiger partial charge in [0.1, 0.15) is 5.82 Å². The number of nitrogens with one attached hydrogen (secondary N) is 1. The molecule has 1 heterocycles. The van der Waals surface area contributed by atoms with E-state index in [0.717, 1.165) is 16.8 Å². The van der Waals surface area contributed by atoms with Crippen molar-refractivity contribution in [3.8, 4) is 0 Å².